The summed E-state index contributed by atoms with van der Waals surface area (Å²) in [6.45, 7) is 0.855. The van der Waals surface area contributed by atoms with Gasteiger partial charge in [-0.3, -0.25) is 0 Å². The van der Waals surface area contributed by atoms with E-state index < -0.39 is 0 Å². The highest BCUT2D eigenvalue weighted by atomic mass is 16.5. The number of ether oxygens (including phenoxy) is 2. The van der Waals surface area contributed by atoms with E-state index in [1.54, 1.807) is 0 Å². The van der Waals surface area contributed by atoms with Crippen LogP contribution in [0, 0.1) is 0 Å². The van der Waals surface area contributed by atoms with Gasteiger partial charge in [-0.25, -0.2) is 9.98 Å². The van der Waals surface area contributed by atoms with Gasteiger partial charge in [0.25, 0.3) is 0 Å². The van der Waals surface area contributed by atoms with Gasteiger partial charge in [0.1, 0.15) is 24.7 Å². The second-order valence-corrected chi connectivity index (χ2v) is 11.9. The predicted molar refractivity (Wildman–Crippen MR) is 183 cm³/mol. The number of rotatable bonds is 7. The van der Waals surface area contributed by atoms with E-state index in [1.165, 1.54) is 11.1 Å². The minimum absolute atomic E-state index is 0.00615. The Labute approximate surface area is 266 Å². The van der Waals surface area contributed by atoms with Crippen molar-refractivity contribution in [2.45, 2.75) is 24.9 Å². The molecule has 2 heterocycles. The molecule has 0 saturated heterocycles. The number of aliphatic imine (C=N–C) groups is 2. The van der Waals surface area contributed by atoms with Crippen LogP contribution >= 0.6 is 0 Å². The summed E-state index contributed by atoms with van der Waals surface area (Å²) in [6.07, 6.45) is 1.48. The van der Waals surface area contributed by atoms with Crippen LogP contribution in [-0.4, -0.2) is 47.3 Å². The topological polar surface area (TPSA) is 83.6 Å². The highest BCUT2D eigenvalue weighted by Gasteiger charge is 2.30. The lowest BCUT2D eigenvalue weighted by Crippen LogP contribution is -2.09. The molecule has 6 aromatic carbocycles. The van der Waals surface area contributed by atoms with Crippen LogP contribution in [0.5, 0.6) is 11.5 Å². The Hall–Kier alpha value is -5.62. The Morgan fingerprint density at radius 2 is 0.913 bits per heavy atom. The van der Waals surface area contributed by atoms with Crippen LogP contribution in [0.3, 0.4) is 0 Å². The summed E-state index contributed by atoms with van der Waals surface area (Å²) in [4.78, 5) is 9.79. The quantitative estimate of drug-likeness (QED) is 0.194. The summed E-state index contributed by atoms with van der Waals surface area (Å²) in [5.41, 5.74) is 4.38. The van der Waals surface area contributed by atoms with Gasteiger partial charge in [-0.15, -0.1) is 0 Å². The monoisotopic (exact) mass is 604 g/mol. The van der Waals surface area contributed by atoms with Gasteiger partial charge in [0.15, 0.2) is 0 Å². The van der Waals surface area contributed by atoms with Gasteiger partial charge in [-0.05, 0) is 57.6 Å². The minimum Gasteiger partial charge on any atom is -0.506 e. The Balaban J connectivity index is 1.27. The van der Waals surface area contributed by atoms with Crippen LogP contribution in [0.25, 0.3) is 32.7 Å². The smallest absolute Gasteiger partial charge is 0.220 e. The van der Waals surface area contributed by atoms with Crippen molar-refractivity contribution in [3.63, 3.8) is 0 Å². The molecule has 0 aliphatic carbocycles. The van der Waals surface area contributed by atoms with Gasteiger partial charge in [-0.1, -0.05) is 109 Å². The lowest BCUT2D eigenvalue weighted by atomic mass is 9.88. The number of benzene rings is 6. The van der Waals surface area contributed by atoms with Gasteiger partial charge in [-0.2, -0.15) is 0 Å². The van der Waals surface area contributed by atoms with Gasteiger partial charge in [0.2, 0.25) is 11.8 Å². The molecule has 2 unspecified atom stereocenters. The van der Waals surface area contributed by atoms with Crippen molar-refractivity contribution in [3.8, 4) is 22.6 Å². The van der Waals surface area contributed by atoms with Crippen LogP contribution < -0.4 is 0 Å². The molecule has 6 heteroatoms. The standard InChI is InChI=1S/C40H32N2O4/c43-37-33(39-41-29(23-45-39)19-25-11-3-1-4-12-25)21-27-15-7-9-17-31(27)35(37)36-32-18-10-8-16-28(32)22-34(38(36)44)40-42-30(24-46-40)20-26-13-5-2-6-14-26/h1-18,21-22,29-30,43-44H,19-20,23-24H2. The number of nitrogens with zero attached hydrogens (tertiary/aromatic N) is 2. The molecule has 226 valence electrons. The van der Waals surface area contributed by atoms with Crippen LogP contribution in [0.4, 0.5) is 0 Å². The largest absolute Gasteiger partial charge is 0.506 e. The molecule has 2 atom stereocenters. The molecule has 46 heavy (non-hydrogen) atoms. The summed E-state index contributed by atoms with van der Waals surface area (Å²) in [5, 5.41) is 27.6. The average molecular weight is 605 g/mol. The van der Waals surface area contributed by atoms with Crippen molar-refractivity contribution >= 4 is 33.3 Å². The number of hydrogen-bond donors (Lipinski definition) is 2. The first-order chi connectivity index (χ1) is 22.6. The van der Waals surface area contributed by atoms with E-state index >= 15 is 0 Å². The molecule has 8 rings (SSSR count). The van der Waals surface area contributed by atoms with Gasteiger partial charge in [0, 0.05) is 11.1 Å². The molecule has 0 saturated carbocycles. The van der Waals surface area contributed by atoms with E-state index in [0.717, 1.165) is 34.4 Å². The zero-order valence-electron chi connectivity index (χ0n) is 25.1. The number of phenolic OH excluding ortho intramolecular Hbond substituents is 2. The molecule has 2 aliphatic rings. The van der Waals surface area contributed by atoms with E-state index in [4.69, 9.17) is 19.5 Å². The average Bonchev–Trinajstić information content (AvgIpc) is 3.76. The first-order valence-electron chi connectivity index (χ1n) is 15.6. The molecular formula is C40H32N2O4. The third-order valence-electron chi connectivity index (χ3n) is 8.81. The second-order valence-electron chi connectivity index (χ2n) is 11.9. The Bertz CT molecular complexity index is 1990. The van der Waals surface area contributed by atoms with E-state index in [1.807, 2.05) is 97.1 Å². The molecule has 0 bridgehead atoms. The molecular weight excluding hydrogens is 572 g/mol. The van der Waals surface area contributed by atoms with E-state index in [2.05, 4.69) is 24.3 Å². The van der Waals surface area contributed by atoms with Crippen LogP contribution in [0.2, 0.25) is 0 Å². The van der Waals surface area contributed by atoms with Gasteiger partial charge in [0.05, 0.1) is 23.2 Å². The van der Waals surface area contributed by atoms with Crippen molar-refractivity contribution in [2.24, 2.45) is 9.98 Å². The van der Waals surface area contributed by atoms with Crippen LogP contribution in [-0.2, 0) is 22.3 Å². The summed E-state index contributed by atoms with van der Waals surface area (Å²) in [5.74, 6) is 0.813. The molecule has 0 amide bonds. The summed E-state index contributed by atoms with van der Waals surface area (Å²) in [6, 6.07) is 39.9. The highest BCUT2D eigenvalue weighted by Crippen LogP contribution is 2.48. The molecule has 6 aromatic rings. The maximum Gasteiger partial charge on any atom is 0.220 e. The van der Waals surface area contributed by atoms with Crippen molar-refractivity contribution in [2.75, 3.05) is 13.2 Å². The molecule has 6 nitrogen and oxygen atoms in total. The lowest BCUT2D eigenvalue weighted by Gasteiger charge is -2.18. The summed E-state index contributed by atoms with van der Waals surface area (Å²) in [7, 11) is 0. The fraction of sp³-hybridized carbons (Fsp3) is 0.150. The van der Waals surface area contributed by atoms with Crippen molar-refractivity contribution in [1.82, 2.24) is 0 Å². The van der Waals surface area contributed by atoms with Gasteiger partial charge < -0.3 is 19.7 Å². The highest BCUT2D eigenvalue weighted by molar-refractivity contribution is 6.16. The molecule has 0 radical (unpaired) electrons. The van der Waals surface area contributed by atoms with Crippen molar-refractivity contribution < 1.29 is 19.7 Å². The maximum atomic E-state index is 12.1. The van der Waals surface area contributed by atoms with E-state index in [-0.39, 0.29) is 23.6 Å². The molecule has 2 aliphatic heterocycles. The first-order valence-corrected chi connectivity index (χ1v) is 15.6. The van der Waals surface area contributed by atoms with Crippen LogP contribution in [0.15, 0.2) is 131 Å². The van der Waals surface area contributed by atoms with E-state index in [9.17, 15) is 10.2 Å². The lowest BCUT2D eigenvalue weighted by molar-refractivity contribution is 0.315. The summed E-state index contributed by atoms with van der Waals surface area (Å²) >= 11 is 0. The van der Waals surface area contributed by atoms with Crippen molar-refractivity contribution in [3.05, 3.63) is 144 Å². The predicted octanol–water partition coefficient (Wildman–Crippen LogP) is 7.85. The van der Waals surface area contributed by atoms with Crippen LogP contribution in [0.1, 0.15) is 22.3 Å². The van der Waals surface area contributed by atoms with Crippen molar-refractivity contribution in [1.29, 1.82) is 0 Å². The first kappa shape index (κ1) is 27.9. The summed E-state index contributed by atoms with van der Waals surface area (Å²) < 4.78 is 12.2. The molecule has 0 fully saturated rings. The third kappa shape index (κ3) is 5.12. The second kappa shape index (κ2) is 11.7. The number of aromatic hydroxyl groups is 2. The Kier molecular flexibility index (Phi) is 7.10. The zero-order chi connectivity index (χ0) is 31.0. The fourth-order valence-electron chi connectivity index (χ4n) is 6.61. The normalized spacial score (nSPS) is 17.5. The SMILES string of the molecule is Oc1c(C2=NC(Cc3ccccc3)CO2)cc2ccccc2c1-c1c(O)c(C2=NC(Cc3ccccc3)CO2)cc2ccccc12. The van der Waals surface area contributed by atoms with Gasteiger partial charge >= 0.3 is 0 Å². The number of hydrogen-bond acceptors (Lipinski definition) is 6. The fourth-order valence-corrected chi connectivity index (χ4v) is 6.61. The zero-order valence-corrected chi connectivity index (χ0v) is 25.1. The van der Waals surface area contributed by atoms with E-state index in [0.29, 0.717) is 47.3 Å². The third-order valence-corrected chi connectivity index (χ3v) is 8.81. The molecule has 0 aromatic heterocycles. The Morgan fingerprint density at radius 3 is 1.35 bits per heavy atom. The molecule has 0 spiro atoms. The molecule has 2 N–H and O–H groups in total. The maximum absolute atomic E-state index is 12.1. The number of phenols is 2. The minimum atomic E-state index is -0.0642. The number of fused-ring (bicyclic) bond motifs is 2. The Morgan fingerprint density at radius 1 is 0.522 bits per heavy atom.